The molecular weight excluding hydrogens is 490 g/mol. The molecule has 1 heterocycles. The zero-order chi connectivity index (χ0) is 27.5. The molecule has 1 saturated heterocycles. The fourth-order valence-electron chi connectivity index (χ4n) is 4.85. The average molecular weight is 520 g/mol. The third kappa shape index (κ3) is 5.14. The number of aliphatic hydroxyl groups is 1. The fourth-order valence-corrected chi connectivity index (χ4v) is 4.85. The van der Waals surface area contributed by atoms with Crippen molar-refractivity contribution in [1.29, 1.82) is 0 Å². The second kappa shape index (κ2) is 10.9. The molecule has 1 unspecified atom stereocenters. The van der Waals surface area contributed by atoms with E-state index in [2.05, 4.69) is 0 Å². The fraction of sp³-hybridized carbons (Fsp3) is 0.152. The van der Waals surface area contributed by atoms with Crippen LogP contribution in [0.2, 0.25) is 0 Å². The summed E-state index contributed by atoms with van der Waals surface area (Å²) in [6, 6.07) is 28.8. The summed E-state index contributed by atoms with van der Waals surface area (Å²) < 4.78 is 11.4. The van der Waals surface area contributed by atoms with Gasteiger partial charge >= 0.3 is 0 Å². The molecule has 0 aliphatic carbocycles. The highest BCUT2D eigenvalue weighted by atomic mass is 16.5. The lowest BCUT2D eigenvalue weighted by atomic mass is 9.94. The number of ether oxygens (including phenoxy) is 2. The maximum atomic E-state index is 13.5. The molecule has 1 amide bonds. The number of ketones is 1. The molecule has 6 nitrogen and oxygen atoms in total. The molecule has 6 heteroatoms. The number of benzene rings is 4. The second-order valence-corrected chi connectivity index (χ2v) is 9.54. The number of methoxy groups -OCH3 is 1. The van der Waals surface area contributed by atoms with Gasteiger partial charge in [0, 0.05) is 11.3 Å². The molecule has 1 atom stereocenters. The van der Waals surface area contributed by atoms with E-state index >= 15 is 0 Å². The summed E-state index contributed by atoms with van der Waals surface area (Å²) in [7, 11) is 1.56. The molecular formula is C33H29NO5. The van der Waals surface area contributed by atoms with E-state index in [1.54, 1.807) is 49.6 Å². The number of aryl methyl sites for hydroxylation is 2. The summed E-state index contributed by atoms with van der Waals surface area (Å²) in [5.74, 6) is -0.439. The van der Waals surface area contributed by atoms with Crippen LogP contribution in [0.3, 0.4) is 0 Å². The summed E-state index contributed by atoms with van der Waals surface area (Å²) in [4.78, 5) is 28.3. The Morgan fingerprint density at radius 3 is 2.36 bits per heavy atom. The van der Waals surface area contributed by atoms with Gasteiger partial charge in [-0.3, -0.25) is 14.5 Å². The average Bonchev–Trinajstić information content (AvgIpc) is 3.22. The summed E-state index contributed by atoms with van der Waals surface area (Å²) in [6.07, 6.45) is 0. The zero-order valence-corrected chi connectivity index (χ0v) is 22.0. The first-order chi connectivity index (χ1) is 18.9. The first kappa shape index (κ1) is 25.8. The summed E-state index contributed by atoms with van der Waals surface area (Å²) in [6.45, 7) is 4.21. The number of Topliss-reactive ketones (excluding diaryl/α,β-unsaturated/α-hetero) is 1. The predicted molar refractivity (Wildman–Crippen MR) is 151 cm³/mol. The van der Waals surface area contributed by atoms with Crippen LogP contribution in [-0.2, 0) is 16.2 Å². The molecule has 1 N–H and O–H groups in total. The molecule has 0 saturated carbocycles. The highest BCUT2D eigenvalue weighted by Gasteiger charge is 2.47. The van der Waals surface area contributed by atoms with Gasteiger partial charge in [-0.15, -0.1) is 0 Å². The Bertz CT molecular complexity index is 1570. The number of aliphatic hydroxyl groups excluding tert-OH is 1. The predicted octanol–water partition coefficient (Wildman–Crippen LogP) is 6.52. The normalized spacial score (nSPS) is 16.4. The lowest BCUT2D eigenvalue weighted by Gasteiger charge is -2.26. The minimum absolute atomic E-state index is 0.0205. The van der Waals surface area contributed by atoms with Gasteiger partial charge in [0.15, 0.2) is 0 Å². The topological polar surface area (TPSA) is 76.1 Å². The molecule has 1 aliphatic rings. The Morgan fingerprint density at radius 2 is 1.64 bits per heavy atom. The quantitative estimate of drug-likeness (QED) is 0.171. The van der Waals surface area contributed by atoms with E-state index in [0.29, 0.717) is 34.9 Å². The third-order valence-electron chi connectivity index (χ3n) is 6.82. The van der Waals surface area contributed by atoms with E-state index in [1.807, 2.05) is 68.4 Å². The van der Waals surface area contributed by atoms with Crippen molar-refractivity contribution in [2.75, 3.05) is 12.0 Å². The SMILES string of the molecule is COc1cccc(C2/C(=C(/O)c3ccc(OCc4ccccc4)c(C)c3)C(=O)C(=O)N2c2cccc(C)c2)c1. The molecule has 4 aromatic rings. The third-order valence-corrected chi connectivity index (χ3v) is 6.82. The number of amides is 1. The molecule has 0 aromatic heterocycles. The van der Waals surface area contributed by atoms with Gasteiger partial charge in [-0.05, 0) is 78.6 Å². The monoisotopic (exact) mass is 519 g/mol. The number of rotatable bonds is 7. The number of hydrogen-bond donors (Lipinski definition) is 1. The second-order valence-electron chi connectivity index (χ2n) is 9.54. The van der Waals surface area contributed by atoms with Crippen molar-refractivity contribution < 1.29 is 24.2 Å². The lowest BCUT2D eigenvalue weighted by Crippen LogP contribution is -2.29. The Kier molecular flexibility index (Phi) is 7.19. The zero-order valence-electron chi connectivity index (χ0n) is 22.0. The van der Waals surface area contributed by atoms with Crippen LogP contribution < -0.4 is 14.4 Å². The van der Waals surface area contributed by atoms with E-state index in [9.17, 15) is 14.7 Å². The largest absolute Gasteiger partial charge is 0.507 e. The summed E-state index contributed by atoms with van der Waals surface area (Å²) in [5.41, 5.74) is 4.45. The van der Waals surface area contributed by atoms with Crippen molar-refractivity contribution in [3.63, 3.8) is 0 Å². The molecule has 0 bridgehead atoms. The molecule has 0 spiro atoms. The van der Waals surface area contributed by atoms with Crippen molar-refractivity contribution in [2.24, 2.45) is 0 Å². The van der Waals surface area contributed by atoms with Crippen LogP contribution in [0.4, 0.5) is 5.69 Å². The number of carbonyl (C=O) groups is 2. The van der Waals surface area contributed by atoms with Gasteiger partial charge in [0.1, 0.15) is 23.9 Å². The van der Waals surface area contributed by atoms with Gasteiger partial charge < -0.3 is 14.6 Å². The van der Waals surface area contributed by atoms with Gasteiger partial charge in [-0.1, -0.05) is 54.6 Å². The molecule has 1 fully saturated rings. The van der Waals surface area contributed by atoms with Crippen LogP contribution in [0.1, 0.15) is 33.9 Å². The Labute approximate surface area is 227 Å². The molecule has 196 valence electrons. The smallest absolute Gasteiger partial charge is 0.300 e. The van der Waals surface area contributed by atoms with Crippen LogP contribution in [0.15, 0.2) is 103 Å². The van der Waals surface area contributed by atoms with Gasteiger partial charge in [0.2, 0.25) is 0 Å². The maximum Gasteiger partial charge on any atom is 0.300 e. The van der Waals surface area contributed by atoms with Crippen molar-refractivity contribution in [3.8, 4) is 11.5 Å². The molecule has 0 radical (unpaired) electrons. The number of carbonyl (C=O) groups excluding carboxylic acids is 2. The molecule has 39 heavy (non-hydrogen) atoms. The van der Waals surface area contributed by atoms with Crippen molar-refractivity contribution in [2.45, 2.75) is 26.5 Å². The first-order valence-electron chi connectivity index (χ1n) is 12.7. The summed E-state index contributed by atoms with van der Waals surface area (Å²) >= 11 is 0. The minimum Gasteiger partial charge on any atom is -0.507 e. The minimum atomic E-state index is -0.837. The van der Waals surface area contributed by atoms with Crippen LogP contribution in [0.5, 0.6) is 11.5 Å². The maximum absolute atomic E-state index is 13.5. The van der Waals surface area contributed by atoms with Gasteiger partial charge in [-0.25, -0.2) is 0 Å². The first-order valence-corrected chi connectivity index (χ1v) is 12.7. The molecule has 4 aromatic carbocycles. The van der Waals surface area contributed by atoms with Crippen LogP contribution in [0, 0.1) is 13.8 Å². The van der Waals surface area contributed by atoms with E-state index in [0.717, 1.165) is 16.7 Å². The standard InChI is InChI=1S/C33H29NO5/c1-21-9-7-13-26(17-21)34-30(24-12-8-14-27(19-24)38-3)29(32(36)33(34)37)31(35)25-15-16-28(22(2)18-25)39-20-23-10-5-4-6-11-23/h4-19,30,35H,20H2,1-3H3/b31-29-. The van der Waals surface area contributed by atoms with Crippen LogP contribution >= 0.6 is 0 Å². The van der Waals surface area contributed by atoms with Crippen molar-refractivity contribution >= 4 is 23.1 Å². The number of nitrogens with zero attached hydrogens (tertiary/aromatic N) is 1. The van der Waals surface area contributed by atoms with Gasteiger partial charge in [0.05, 0.1) is 18.7 Å². The van der Waals surface area contributed by atoms with E-state index in [4.69, 9.17) is 9.47 Å². The van der Waals surface area contributed by atoms with Crippen molar-refractivity contribution in [3.05, 3.63) is 130 Å². The van der Waals surface area contributed by atoms with Crippen LogP contribution in [0.25, 0.3) is 5.76 Å². The van der Waals surface area contributed by atoms with Crippen molar-refractivity contribution in [1.82, 2.24) is 0 Å². The van der Waals surface area contributed by atoms with Gasteiger partial charge in [0.25, 0.3) is 11.7 Å². The Morgan fingerprint density at radius 1 is 0.872 bits per heavy atom. The van der Waals surface area contributed by atoms with E-state index in [-0.39, 0.29) is 11.3 Å². The van der Waals surface area contributed by atoms with E-state index < -0.39 is 17.7 Å². The Hall–Kier alpha value is -4.84. The number of anilines is 1. The number of hydrogen-bond acceptors (Lipinski definition) is 5. The van der Waals surface area contributed by atoms with E-state index in [1.165, 1.54) is 4.90 Å². The van der Waals surface area contributed by atoms with Gasteiger partial charge in [-0.2, -0.15) is 0 Å². The summed E-state index contributed by atoms with van der Waals surface area (Å²) in [5, 5.41) is 11.5. The lowest BCUT2D eigenvalue weighted by molar-refractivity contribution is -0.132. The molecule has 5 rings (SSSR count). The molecule has 1 aliphatic heterocycles. The highest BCUT2D eigenvalue weighted by molar-refractivity contribution is 6.51. The Balaban J connectivity index is 1.57. The highest BCUT2D eigenvalue weighted by Crippen LogP contribution is 2.43. The van der Waals surface area contributed by atoms with Crippen LogP contribution in [-0.4, -0.2) is 23.9 Å².